The average molecular weight is 595 g/mol. The van der Waals surface area contributed by atoms with E-state index < -0.39 is 11.8 Å². The predicted octanol–water partition coefficient (Wildman–Crippen LogP) is 4.67. The number of carbonyl (C=O) groups excluding carboxylic acids is 3. The maximum Gasteiger partial charge on any atom is 0.329 e. The Morgan fingerprint density at radius 2 is 1.69 bits per heavy atom. The van der Waals surface area contributed by atoms with Crippen molar-refractivity contribution in [2.24, 2.45) is 5.10 Å². The fourth-order valence-corrected chi connectivity index (χ4v) is 4.00. The highest BCUT2D eigenvalue weighted by molar-refractivity contribution is 9.10. The Balaban J connectivity index is 1.52. The molecular formula is C29H31BrN4O5. The van der Waals surface area contributed by atoms with E-state index in [9.17, 15) is 14.4 Å². The molecule has 0 aliphatic heterocycles. The van der Waals surface area contributed by atoms with Crippen LogP contribution in [0.3, 0.4) is 0 Å². The van der Waals surface area contributed by atoms with Crippen LogP contribution in [-0.4, -0.2) is 37.7 Å². The summed E-state index contributed by atoms with van der Waals surface area (Å²) in [5, 5.41) is 9.19. The molecule has 3 aromatic rings. The van der Waals surface area contributed by atoms with Gasteiger partial charge < -0.3 is 20.1 Å². The number of amides is 3. The Morgan fingerprint density at radius 1 is 1.00 bits per heavy atom. The van der Waals surface area contributed by atoms with E-state index in [0.717, 1.165) is 11.1 Å². The minimum atomic E-state index is -0.893. The molecule has 204 valence electrons. The second kappa shape index (κ2) is 14.1. The highest BCUT2D eigenvalue weighted by Gasteiger charge is 2.15. The molecule has 9 nitrogen and oxygen atoms in total. The number of carbonyl (C=O) groups is 3. The van der Waals surface area contributed by atoms with E-state index in [1.54, 1.807) is 12.1 Å². The van der Waals surface area contributed by atoms with Crippen LogP contribution in [0, 0.1) is 6.92 Å². The molecule has 0 spiro atoms. The first-order chi connectivity index (χ1) is 18.7. The Morgan fingerprint density at radius 3 is 2.33 bits per heavy atom. The van der Waals surface area contributed by atoms with Crippen LogP contribution in [0.1, 0.15) is 42.0 Å². The lowest BCUT2D eigenvalue weighted by Gasteiger charge is -2.13. The summed E-state index contributed by atoms with van der Waals surface area (Å²) < 4.78 is 11.6. The smallest absolute Gasteiger partial charge is 0.329 e. The zero-order valence-corrected chi connectivity index (χ0v) is 23.8. The number of aryl methyl sites for hydroxylation is 1. The summed E-state index contributed by atoms with van der Waals surface area (Å²) in [5.74, 6) is -0.924. The molecule has 0 aliphatic rings. The van der Waals surface area contributed by atoms with Gasteiger partial charge in [-0.25, -0.2) is 5.43 Å². The summed E-state index contributed by atoms with van der Waals surface area (Å²) in [4.78, 5) is 36.5. The van der Waals surface area contributed by atoms with Gasteiger partial charge in [0.15, 0.2) is 18.1 Å². The summed E-state index contributed by atoms with van der Waals surface area (Å²) in [6.07, 6.45) is 1.36. The van der Waals surface area contributed by atoms with Gasteiger partial charge in [0.1, 0.15) is 0 Å². The highest BCUT2D eigenvalue weighted by Crippen LogP contribution is 2.36. The fraction of sp³-hybridized carbons (Fsp3) is 0.241. The lowest BCUT2D eigenvalue weighted by atomic mass is 10.0. The number of anilines is 1. The lowest BCUT2D eigenvalue weighted by molar-refractivity contribution is -0.139. The Kier molecular flexibility index (Phi) is 10.6. The molecule has 0 heterocycles. The number of hydrazone groups is 1. The van der Waals surface area contributed by atoms with Gasteiger partial charge in [-0.1, -0.05) is 55.8 Å². The van der Waals surface area contributed by atoms with Crippen LogP contribution >= 0.6 is 15.9 Å². The summed E-state index contributed by atoms with van der Waals surface area (Å²) >= 11 is 3.41. The number of hydrogen-bond acceptors (Lipinski definition) is 6. The van der Waals surface area contributed by atoms with Crippen LogP contribution in [0.5, 0.6) is 11.5 Å². The Labute approximate surface area is 236 Å². The van der Waals surface area contributed by atoms with Crippen molar-refractivity contribution in [3.8, 4) is 11.5 Å². The van der Waals surface area contributed by atoms with E-state index in [4.69, 9.17) is 9.47 Å². The number of methoxy groups -OCH3 is 1. The monoisotopic (exact) mass is 594 g/mol. The van der Waals surface area contributed by atoms with Crippen LogP contribution in [-0.2, 0) is 20.9 Å². The van der Waals surface area contributed by atoms with E-state index >= 15 is 0 Å². The van der Waals surface area contributed by atoms with Gasteiger partial charge in [-0.3, -0.25) is 14.4 Å². The van der Waals surface area contributed by atoms with Crippen molar-refractivity contribution >= 4 is 45.6 Å². The number of nitrogens with zero attached hydrogens (tertiary/aromatic N) is 1. The van der Waals surface area contributed by atoms with Crippen LogP contribution < -0.4 is 25.5 Å². The van der Waals surface area contributed by atoms with Crippen molar-refractivity contribution in [2.45, 2.75) is 33.2 Å². The standard InChI is InChI=1S/C29H31BrN4O5/c1-18(2)22-9-7-20(8-10-22)15-31-28(36)29(37)34-32-16-21-13-24(30)27(25(14-21)38-4)39-17-26(35)33-23-11-5-19(3)6-12-23/h5-14,16,18H,15,17H2,1-4H3,(H,31,36)(H,33,35)(H,34,37)/b32-16-. The number of rotatable bonds is 10. The third-order valence-corrected chi connectivity index (χ3v) is 6.21. The SMILES string of the molecule is COc1cc(/C=N\NC(=O)C(=O)NCc2ccc(C(C)C)cc2)cc(Br)c1OCC(=O)Nc1ccc(C)cc1. The van der Waals surface area contributed by atoms with E-state index in [1.807, 2.05) is 55.5 Å². The number of nitrogens with one attached hydrogen (secondary N) is 3. The summed E-state index contributed by atoms with van der Waals surface area (Å²) in [7, 11) is 1.46. The summed E-state index contributed by atoms with van der Waals surface area (Å²) in [5.41, 5.74) is 6.61. The van der Waals surface area contributed by atoms with E-state index in [1.165, 1.54) is 18.9 Å². The van der Waals surface area contributed by atoms with Gasteiger partial charge >= 0.3 is 11.8 Å². The van der Waals surface area contributed by atoms with Crippen molar-refractivity contribution in [1.82, 2.24) is 10.7 Å². The molecule has 0 aliphatic carbocycles. The maximum atomic E-state index is 12.3. The first-order valence-electron chi connectivity index (χ1n) is 12.2. The summed E-state index contributed by atoms with van der Waals surface area (Å²) in [6, 6.07) is 18.6. The fourth-order valence-electron chi connectivity index (χ4n) is 3.43. The van der Waals surface area contributed by atoms with Crippen LogP contribution in [0.2, 0.25) is 0 Å². The molecule has 3 aromatic carbocycles. The molecule has 0 radical (unpaired) electrons. The molecule has 3 amide bonds. The van der Waals surface area contributed by atoms with Crippen LogP contribution in [0.25, 0.3) is 0 Å². The largest absolute Gasteiger partial charge is 0.493 e. The molecule has 10 heteroatoms. The Bertz CT molecular complexity index is 1340. The van der Waals surface area contributed by atoms with Crippen LogP contribution in [0.4, 0.5) is 5.69 Å². The van der Waals surface area contributed by atoms with Gasteiger partial charge in [0.2, 0.25) is 0 Å². The van der Waals surface area contributed by atoms with Gasteiger partial charge in [-0.05, 0) is 69.7 Å². The normalized spacial score (nSPS) is 10.8. The minimum Gasteiger partial charge on any atom is -0.493 e. The van der Waals surface area contributed by atoms with E-state index in [2.05, 4.69) is 50.9 Å². The number of ether oxygens (including phenoxy) is 2. The molecule has 3 N–H and O–H groups in total. The average Bonchev–Trinajstić information content (AvgIpc) is 2.92. The quantitative estimate of drug-likeness (QED) is 0.179. The number of halogens is 1. The molecule has 3 rings (SSSR count). The van der Waals surface area contributed by atoms with Crippen LogP contribution in [0.15, 0.2) is 70.2 Å². The maximum absolute atomic E-state index is 12.3. The van der Waals surface area contributed by atoms with Crippen molar-refractivity contribution in [2.75, 3.05) is 19.0 Å². The van der Waals surface area contributed by atoms with Gasteiger partial charge in [0, 0.05) is 12.2 Å². The van der Waals surface area contributed by atoms with Crippen molar-refractivity contribution in [3.63, 3.8) is 0 Å². The first-order valence-corrected chi connectivity index (χ1v) is 13.0. The van der Waals surface area contributed by atoms with Crippen molar-refractivity contribution in [3.05, 3.63) is 87.4 Å². The molecular weight excluding hydrogens is 564 g/mol. The molecule has 0 saturated carbocycles. The van der Waals surface area contributed by atoms with E-state index in [0.29, 0.717) is 33.1 Å². The first kappa shape index (κ1) is 29.4. The van der Waals surface area contributed by atoms with Crippen molar-refractivity contribution in [1.29, 1.82) is 0 Å². The molecule has 39 heavy (non-hydrogen) atoms. The predicted molar refractivity (Wildman–Crippen MR) is 154 cm³/mol. The van der Waals surface area contributed by atoms with Crippen molar-refractivity contribution < 1.29 is 23.9 Å². The van der Waals surface area contributed by atoms with Gasteiger partial charge in [0.05, 0.1) is 17.8 Å². The molecule has 0 unspecified atom stereocenters. The molecule has 0 fully saturated rings. The van der Waals surface area contributed by atoms with Gasteiger partial charge in [-0.2, -0.15) is 5.10 Å². The highest BCUT2D eigenvalue weighted by atomic mass is 79.9. The second-order valence-electron chi connectivity index (χ2n) is 9.02. The minimum absolute atomic E-state index is 0.225. The third-order valence-electron chi connectivity index (χ3n) is 5.62. The molecule has 0 saturated heterocycles. The topological polar surface area (TPSA) is 118 Å². The zero-order chi connectivity index (χ0) is 28.4. The molecule has 0 aromatic heterocycles. The molecule has 0 bridgehead atoms. The summed E-state index contributed by atoms with van der Waals surface area (Å²) in [6.45, 7) is 6.17. The third kappa shape index (κ3) is 8.96. The van der Waals surface area contributed by atoms with Gasteiger partial charge in [-0.15, -0.1) is 0 Å². The number of hydrogen-bond donors (Lipinski definition) is 3. The Hall–Kier alpha value is -4.18. The lowest BCUT2D eigenvalue weighted by Crippen LogP contribution is -2.37. The van der Waals surface area contributed by atoms with E-state index in [-0.39, 0.29) is 19.1 Å². The second-order valence-corrected chi connectivity index (χ2v) is 9.87. The zero-order valence-electron chi connectivity index (χ0n) is 22.2. The number of benzene rings is 3. The molecule has 0 atom stereocenters. The van der Waals surface area contributed by atoms with Gasteiger partial charge in [0.25, 0.3) is 5.91 Å².